The van der Waals surface area contributed by atoms with Crippen molar-refractivity contribution in [3.8, 4) is 5.75 Å². The molecular formula is C15H22N2O2. The van der Waals surface area contributed by atoms with E-state index in [0.717, 1.165) is 24.4 Å². The van der Waals surface area contributed by atoms with E-state index in [9.17, 15) is 4.79 Å². The number of ether oxygens (including phenoxy) is 1. The Hall–Kier alpha value is -1.55. The maximum Gasteiger partial charge on any atom is 0.229 e. The van der Waals surface area contributed by atoms with E-state index >= 15 is 0 Å². The third kappa shape index (κ3) is 3.70. The van der Waals surface area contributed by atoms with Gasteiger partial charge in [0, 0.05) is 11.7 Å². The SMILES string of the molecule is CC(C)Oc1ccc(NC(=O)C2CCNC2C)cc1. The topological polar surface area (TPSA) is 50.4 Å². The second-order valence-electron chi connectivity index (χ2n) is 5.32. The minimum Gasteiger partial charge on any atom is -0.491 e. The monoisotopic (exact) mass is 262 g/mol. The van der Waals surface area contributed by atoms with Gasteiger partial charge in [0.1, 0.15) is 5.75 Å². The number of hydrogen-bond acceptors (Lipinski definition) is 3. The van der Waals surface area contributed by atoms with Crippen molar-refractivity contribution >= 4 is 11.6 Å². The molecule has 1 aromatic rings. The smallest absolute Gasteiger partial charge is 0.229 e. The number of rotatable bonds is 4. The third-order valence-corrected chi connectivity index (χ3v) is 3.36. The van der Waals surface area contributed by atoms with Gasteiger partial charge in [0.05, 0.1) is 12.0 Å². The van der Waals surface area contributed by atoms with Crippen LogP contribution in [0.4, 0.5) is 5.69 Å². The van der Waals surface area contributed by atoms with Crippen molar-refractivity contribution in [2.24, 2.45) is 5.92 Å². The van der Waals surface area contributed by atoms with E-state index < -0.39 is 0 Å². The van der Waals surface area contributed by atoms with Gasteiger partial charge < -0.3 is 15.4 Å². The summed E-state index contributed by atoms with van der Waals surface area (Å²) in [5.41, 5.74) is 0.820. The fourth-order valence-corrected chi connectivity index (χ4v) is 2.34. The summed E-state index contributed by atoms with van der Waals surface area (Å²) < 4.78 is 5.57. The van der Waals surface area contributed by atoms with E-state index in [0.29, 0.717) is 0 Å². The van der Waals surface area contributed by atoms with Gasteiger partial charge in [-0.1, -0.05) is 0 Å². The molecular weight excluding hydrogens is 240 g/mol. The molecule has 1 amide bonds. The predicted molar refractivity (Wildman–Crippen MR) is 76.4 cm³/mol. The third-order valence-electron chi connectivity index (χ3n) is 3.36. The minimum absolute atomic E-state index is 0.0617. The van der Waals surface area contributed by atoms with E-state index in [2.05, 4.69) is 17.6 Å². The Morgan fingerprint density at radius 2 is 2.05 bits per heavy atom. The molecule has 4 nitrogen and oxygen atoms in total. The first kappa shape index (κ1) is 13.9. The lowest BCUT2D eigenvalue weighted by Crippen LogP contribution is -2.32. The highest BCUT2D eigenvalue weighted by Crippen LogP contribution is 2.20. The molecule has 0 aliphatic carbocycles. The van der Waals surface area contributed by atoms with Gasteiger partial charge in [0.15, 0.2) is 0 Å². The average molecular weight is 262 g/mol. The highest BCUT2D eigenvalue weighted by molar-refractivity contribution is 5.93. The lowest BCUT2D eigenvalue weighted by Gasteiger charge is -2.15. The molecule has 2 atom stereocenters. The van der Waals surface area contributed by atoms with Gasteiger partial charge >= 0.3 is 0 Å². The standard InChI is InChI=1S/C15H22N2O2/c1-10(2)19-13-6-4-12(5-7-13)17-15(18)14-8-9-16-11(14)3/h4-7,10-11,14,16H,8-9H2,1-3H3,(H,17,18). The lowest BCUT2D eigenvalue weighted by molar-refractivity contribution is -0.120. The van der Waals surface area contributed by atoms with Gasteiger partial charge in [0.2, 0.25) is 5.91 Å². The molecule has 4 heteroatoms. The number of benzene rings is 1. The second kappa shape index (κ2) is 6.06. The molecule has 1 aliphatic heterocycles. The second-order valence-corrected chi connectivity index (χ2v) is 5.32. The fourth-order valence-electron chi connectivity index (χ4n) is 2.34. The predicted octanol–water partition coefficient (Wildman–Crippen LogP) is 2.41. The average Bonchev–Trinajstić information content (AvgIpc) is 2.77. The fraction of sp³-hybridized carbons (Fsp3) is 0.533. The molecule has 2 N–H and O–H groups in total. The highest BCUT2D eigenvalue weighted by Gasteiger charge is 2.29. The Morgan fingerprint density at radius 1 is 1.37 bits per heavy atom. The number of amides is 1. The van der Waals surface area contributed by atoms with E-state index in [1.165, 1.54) is 0 Å². The van der Waals surface area contributed by atoms with Gasteiger partial charge in [-0.25, -0.2) is 0 Å². The Bertz CT molecular complexity index is 428. The first-order chi connectivity index (χ1) is 9.06. The maximum absolute atomic E-state index is 12.1. The van der Waals surface area contributed by atoms with Gasteiger partial charge in [-0.3, -0.25) is 4.79 Å². The van der Waals surface area contributed by atoms with Crippen molar-refractivity contribution < 1.29 is 9.53 Å². The van der Waals surface area contributed by atoms with Gasteiger partial charge in [-0.2, -0.15) is 0 Å². The summed E-state index contributed by atoms with van der Waals surface area (Å²) in [6, 6.07) is 7.77. The van der Waals surface area contributed by atoms with Crippen LogP contribution in [-0.4, -0.2) is 24.6 Å². The van der Waals surface area contributed by atoms with Crippen LogP contribution < -0.4 is 15.4 Å². The number of carbonyl (C=O) groups is 1. The van der Waals surface area contributed by atoms with Gasteiger partial charge in [-0.05, 0) is 58.0 Å². The van der Waals surface area contributed by atoms with Crippen LogP contribution in [0.25, 0.3) is 0 Å². The highest BCUT2D eigenvalue weighted by atomic mass is 16.5. The van der Waals surface area contributed by atoms with Crippen molar-refractivity contribution in [3.05, 3.63) is 24.3 Å². The number of anilines is 1. The lowest BCUT2D eigenvalue weighted by atomic mass is 10.0. The molecule has 19 heavy (non-hydrogen) atoms. The number of hydrogen-bond donors (Lipinski definition) is 2. The van der Waals surface area contributed by atoms with Crippen LogP contribution >= 0.6 is 0 Å². The Kier molecular flexibility index (Phi) is 4.43. The molecule has 1 aromatic carbocycles. The molecule has 2 rings (SSSR count). The van der Waals surface area contributed by atoms with E-state index in [-0.39, 0.29) is 24.0 Å². The zero-order chi connectivity index (χ0) is 13.8. The van der Waals surface area contributed by atoms with Gasteiger partial charge in [0.25, 0.3) is 0 Å². The molecule has 0 aromatic heterocycles. The molecule has 1 aliphatic rings. The van der Waals surface area contributed by atoms with Gasteiger partial charge in [-0.15, -0.1) is 0 Å². The van der Waals surface area contributed by atoms with Crippen LogP contribution in [0.1, 0.15) is 27.2 Å². The number of carbonyl (C=O) groups excluding carboxylic acids is 1. The number of nitrogens with one attached hydrogen (secondary N) is 2. The molecule has 2 unspecified atom stereocenters. The summed E-state index contributed by atoms with van der Waals surface area (Å²) in [6.45, 7) is 6.95. The van der Waals surface area contributed by atoms with Crippen molar-refractivity contribution in [3.63, 3.8) is 0 Å². The summed E-state index contributed by atoms with van der Waals surface area (Å²) >= 11 is 0. The molecule has 1 fully saturated rings. The molecule has 1 heterocycles. The first-order valence-electron chi connectivity index (χ1n) is 6.87. The molecule has 0 radical (unpaired) electrons. The molecule has 0 bridgehead atoms. The summed E-state index contributed by atoms with van der Waals surface area (Å²) in [5, 5.41) is 6.25. The molecule has 104 valence electrons. The van der Waals surface area contributed by atoms with Crippen LogP contribution in [0, 0.1) is 5.92 Å². The van der Waals surface area contributed by atoms with Crippen molar-refractivity contribution in [1.29, 1.82) is 0 Å². The molecule has 0 spiro atoms. The van der Waals surface area contributed by atoms with E-state index in [4.69, 9.17) is 4.74 Å². The van der Waals surface area contributed by atoms with Crippen molar-refractivity contribution in [2.75, 3.05) is 11.9 Å². The first-order valence-corrected chi connectivity index (χ1v) is 6.87. The summed E-state index contributed by atoms with van der Waals surface area (Å²) in [5.74, 6) is 0.977. The van der Waals surface area contributed by atoms with Crippen LogP contribution in [0.2, 0.25) is 0 Å². The summed E-state index contributed by atoms with van der Waals surface area (Å²) in [4.78, 5) is 12.1. The molecule has 1 saturated heterocycles. The Labute approximate surface area is 114 Å². The summed E-state index contributed by atoms with van der Waals surface area (Å²) in [6.07, 6.45) is 1.06. The zero-order valence-corrected chi connectivity index (χ0v) is 11.8. The Morgan fingerprint density at radius 3 is 2.58 bits per heavy atom. The van der Waals surface area contributed by atoms with Crippen LogP contribution in [0.3, 0.4) is 0 Å². The van der Waals surface area contributed by atoms with Crippen LogP contribution in [0.15, 0.2) is 24.3 Å². The Balaban J connectivity index is 1.93. The zero-order valence-electron chi connectivity index (χ0n) is 11.8. The van der Waals surface area contributed by atoms with E-state index in [1.807, 2.05) is 38.1 Å². The maximum atomic E-state index is 12.1. The van der Waals surface area contributed by atoms with E-state index in [1.54, 1.807) is 0 Å². The molecule has 0 saturated carbocycles. The largest absolute Gasteiger partial charge is 0.491 e. The van der Waals surface area contributed by atoms with Crippen LogP contribution in [-0.2, 0) is 4.79 Å². The summed E-state index contributed by atoms with van der Waals surface area (Å²) in [7, 11) is 0. The quantitative estimate of drug-likeness (QED) is 0.876. The van der Waals surface area contributed by atoms with Crippen LogP contribution in [0.5, 0.6) is 5.75 Å². The van der Waals surface area contributed by atoms with Crippen molar-refractivity contribution in [1.82, 2.24) is 5.32 Å². The van der Waals surface area contributed by atoms with Crippen molar-refractivity contribution in [2.45, 2.75) is 39.3 Å². The normalized spacial score (nSPS) is 22.5. The minimum atomic E-state index is 0.0617.